The molecular formula is C31H24Cl2N2O5S. The van der Waals surface area contributed by atoms with E-state index in [0.717, 1.165) is 33.7 Å². The predicted octanol–water partition coefficient (Wildman–Crippen LogP) is 7.72. The van der Waals surface area contributed by atoms with Gasteiger partial charge in [-0.1, -0.05) is 71.7 Å². The average Bonchev–Trinajstić information content (AvgIpc) is 3.21. The van der Waals surface area contributed by atoms with E-state index >= 15 is 0 Å². The smallest absolute Gasteiger partial charge is 0.293 e. The molecule has 1 N–H and O–H groups in total. The van der Waals surface area contributed by atoms with Gasteiger partial charge in [-0.25, -0.2) is 0 Å². The maximum atomic E-state index is 13.2. The zero-order valence-corrected chi connectivity index (χ0v) is 24.4. The average molecular weight is 608 g/mol. The summed E-state index contributed by atoms with van der Waals surface area (Å²) in [6, 6.07) is 22.0. The lowest BCUT2D eigenvalue weighted by molar-refractivity contribution is -0.123. The molecule has 1 aliphatic heterocycles. The quantitative estimate of drug-likeness (QED) is 0.207. The van der Waals surface area contributed by atoms with Crippen LogP contribution in [0.3, 0.4) is 0 Å². The first-order chi connectivity index (χ1) is 19.7. The van der Waals surface area contributed by atoms with E-state index in [2.05, 4.69) is 5.32 Å². The van der Waals surface area contributed by atoms with E-state index in [4.69, 9.17) is 32.7 Å². The topological polar surface area (TPSA) is 84.9 Å². The van der Waals surface area contributed by atoms with Gasteiger partial charge in [-0.3, -0.25) is 19.3 Å². The monoisotopic (exact) mass is 606 g/mol. The Kier molecular flexibility index (Phi) is 8.54. The molecule has 0 radical (unpaired) electrons. The Morgan fingerprint density at radius 2 is 1.78 bits per heavy atom. The van der Waals surface area contributed by atoms with Gasteiger partial charge in [0.05, 0.1) is 23.6 Å². The number of fused-ring (bicyclic) bond motifs is 1. The molecule has 4 aromatic carbocycles. The van der Waals surface area contributed by atoms with Gasteiger partial charge in [-0.15, -0.1) is 0 Å². The summed E-state index contributed by atoms with van der Waals surface area (Å²) in [7, 11) is 1.44. The van der Waals surface area contributed by atoms with Crippen molar-refractivity contribution >= 4 is 74.6 Å². The second-order valence-electron chi connectivity index (χ2n) is 9.24. The van der Waals surface area contributed by atoms with Crippen LogP contribution in [0.5, 0.6) is 11.5 Å². The van der Waals surface area contributed by atoms with Gasteiger partial charge in [0.2, 0.25) is 0 Å². The van der Waals surface area contributed by atoms with E-state index < -0.39 is 11.8 Å². The van der Waals surface area contributed by atoms with Crippen LogP contribution < -0.4 is 14.8 Å². The summed E-state index contributed by atoms with van der Waals surface area (Å²) in [6.07, 6.45) is 1.58. The molecule has 41 heavy (non-hydrogen) atoms. The fraction of sp³-hybridized carbons (Fsp3) is 0.129. The van der Waals surface area contributed by atoms with E-state index in [1.165, 1.54) is 12.0 Å². The molecule has 0 unspecified atom stereocenters. The summed E-state index contributed by atoms with van der Waals surface area (Å²) >= 11 is 13.5. The van der Waals surface area contributed by atoms with Crippen molar-refractivity contribution in [3.63, 3.8) is 0 Å². The van der Waals surface area contributed by atoms with Crippen LogP contribution in [0, 0.1) is 6.92 Å². The Morgan fingerprint density at radius 3 is 2.56 bits per heavy atom. The molecular weight excluding hydrogens is 583 g/mol. The van der Waals surface area contributed by atoms with Gasteiger partial charge in [-0.2, -0.15) is 0 Å². The number of imide groups is 1. The molecule has 208 valence electrons. The van der Waals surface area contributed by atoms with Crippen molar-refractivity contribution in [1.29, 1.82) is 0 Å². The third-order valence-electron chi connectivity index (χ3n) is 6.43. The minimum absolute atomic E-state index is 0.164. The molecule has 0 atom stereocenters. The molecule has 7 nitrogen and oxygen atoms in total. The molecule has 1 saturated heterocycles. The Balaban J connectivity index is 1.30. The molecule has 10 heteroatoms. The lowest BCUT2D eigenvalue weighted by atomic mass is 10.0. The first kappa shape index (κ1) is 28.5. The summed E-state index contributed by atoms with van der Waals surface area (Å²) in [5.74, 6) is -0.361. The molecule has 0 aromatic heterocycles. The van der Waals surface area contributed by atoms with Crippen LogP contribution in [0.2, 0.25) is 10.0 Å². The number of anilines is 1. The third kappa shape index (κ3) is 6.35. The summed E-state index contributed by atoms with van der Waals surface area (Å²) in [5.41, 5.74) is 2.85. The van der Waals surface area contributed by atoms with Crippen molar-refractivity contribution in [2.75, 3.05) is 19.0 Å². The van der Waals surface area contributed by atoms with Gasteiger partial charge in [0, 0.05) is 10.7 Å². The summed E-state index contributed by atoms with van der Waals surface area (Å²) in [5, 5.41) is 5.10. The van der Waals surface area contributed by atoms with Crippen LogP contribution in [0.15, 0.2) is 77.7 Å². The minimum Gasteiger partial charge on any atom is -0.493 e. The standard InChI is InChI=1S/C31H24Cl2N2O5S/c1-18-10-11-22(15-24(18)32)34-28(36)17-40-29-25(33)12-19(13-26(29)39-2)14-27-30(37)35(31(38)41-27)16-21-8-5-7-20-6-3-4-9-23(20)21/h3-15H,16-17H2,1-2H3,(H,34,36)/b27-14-. The van der Waals surface area contributed by atoms with Gasteiger partial charge < -0.3 is 14.8 Å². The van der Waals surface area contributed by atoms with Crippen molar-refractivity contribution in [2.24, 2.45) is 0 Å². The zero-order valence-electron chi connectivity index (χ0n) is 22.1. The van der Waals surface area contributed by atoms with Gasteiger partial charge >= 0.3 is 0 Å². The molecule has 0 aliphatic carbocycles. The first-order valence-corrected chi connectivity index (χ1v) is 14.1. The van der Waals surface area contributed by atoms with Crippen LogP contribution in [0.4, 0.5) is 10.5 Å². The Morgan fingerprint density at radius 1 is 1.00 bits per heavy atom. The maximum Gasteiger partial charge on any atom is 0.293 e. The normalized spacial score (nSPS) is 14.1. The van der Waals surface area contributed by atoms with Crippen LogP contribution in [0.1, 0.15) is 16.7 Å². The number of ether oxygens (including phenoxy) is 2. The molecule has 0 saturated carbocycles. The van der Waals surface area contributed by atoms with E-state index in [1.807, 2.05) is 49.4 Å². The van der Waals surface area contributed by atoms with Crippen molar-refractivity contribution in [2.45, 2.75) is 13.5 Å². The van der Waals surface area contributed by atoms with Gasteiger partial charge in [-0.05, 0) is 76.5 Å². The Labute approximate surface area is 251 Å². The number of carbonyl (C=O) groups is 3. The van der Waals surface area contributed by atoms with Crippen molar-refractivity contribution in [3.05, 3.63) is 104 Å². The molecule has 1 heterocycles. The molecule has 4 aromatic rings. The molecule has 0 bridgehead atoms. The van der Waals surface area contributed by atoms with E-state index in [0.29, 0.717) is 16.3 Å². The number of methoxy groups -OCH3 is 1. The second-order valence-corrected chi connectivity index (χ2v) is 11.0. The molecule has 1 fully saturated rings. The second kappa shape index (κ2) is 12.3. The van der Waals surface area contributed by atoms with Crippen molar-refractivity contribution in [1.82, 2.24) is 4.90 Å². The Bertz CT molecular complexity index is 1720. The number of thioether (sulfide) groups is 1. The maximum absolute atomic E-state index is 13.2. The number of nitrogens with one attached hydrogen (secondary N) is 1. The van der Waals surface area contributed by atoms with Crippen molar-refractivity contribution < 1.29 is 23.9 Å². The number of benzene rings is 4. The molecule has 3 amide bonds. The van der Waals surface area contributed by atoms with Crippen LogP contribution in [-0.4, -0.2) is 35.7 Å². The summed E-state index contributed by atoms with van der Waals surface area (Å²) in [4.78, 5) is 39.9. The van der Waals surface area contributed by atoms with E-state index in [1.54, 1.807) is 36.4 Å². The molecule has 5 rings (SSSR count). The van der Waals surface area contributed by atoms with Crippen LogP contribution in [0.25, 0.3) is 16.8 Å². The van der Waals surface area contributed by atoms with Gasteiger partial charge in [0.1, 0.15) is 0 Å². The highest BCUT2D eigenvalue weighted by Crippen LogP contribution is 2.39. The van der Waals surface area contributed by atoms with Crippen molar-refractivity contribution in [3.8, 4) is 11.5 Å². The van der Waals surface area contributed by atoms with Gasteiger partial charge in [0.15, 0.2) is 18.1 Å². The lowest BCUT2D eigenvalue weighted by Gasteiger charge is -2.14. The summed E-state index contributed by atoms with van der Waals surface area (Å²) in [6.45, 7) is 1.71. The predicted molar refractivity (Wildman–Crippen MR) is 164 cm³/mol. The van der Waals surface area contributed by atoms with E-state index in [9.17, 15) is 14.4 Å². The number of hydrogen-bond acceptors (Lipinski definition) is 6. The fourth-order valence-electron chi connectivity index (χ4n) is 4.36. The lowest BCUT2D eigenvalue weighted by Crippen LogP contribution is -2.27. The highest BCUT2D eigenvalue weighted by Gasteiger charge is 2.35. The van der Waals surface area contributed by atoms with Crippen LogP contribution in [-0.2, 0) is 16.1 Å². The number of rotatable bonds is 8. The van der Waals surface area contributed by atoms with Crippen LogP contribution >= 0.6 is 35.0 Å². The number of aryl methyl sites for hydroxylation is 1. The largest absolute Gasteiger partial charge is 0.493 e. The number of nitrogens with zero attached hydrogens (tertiary/aromatic N) is 1. The number of carbonyl (C=O) groups excluding carboxylic acids is 3. The molecule has 0 spiro atoms. The fourth-order valence-corrected chi connectivity index (χ4v) is 5.65. The number of amides is 3. The summed E-state index contributed by atoms with van der Waals surface area (Å²) < 4.78 is 11.1. The first-order valence-electron chi connectivity index (χ1n) is 12.5. The van der Waals surface area contributed by atoms with E-state index in [-0.39, 0.29) is 39.8 Å². The molecule has 1 aliphatic rings. The Hall–Kier alpha value is -3.98. The highest BCUT2D eigenvalue weighted by molar-refractivity contribution is 8.18. The third-order valence-corrected chi connectivity index (χ3v) is 8.03. The zero-order chi connectivity index (χ0) is 29.1. The minimum atomic E-state index is -0.410. The number of halogens is 2. The SMILES string of the molecule is COc1cc(/C=C2\SC(=O)N(Cc3cccc4ccccc34)C2=O)cc(Cl)c1OCC(=O)Nc1ccc(C)c(Cl)c1. The highest BCUT2D eigenvalue weighted by atomic mass is 35.5. The number of hydrogen-bond donors (Lipinski definition) is 1. The van der Waals surface area contributed by atoms with Gasteiger partial charge in [0.25, 0.3) is 17.1 Å².